The summed E-state index contributed by atoms with van der Waals surface area (Å²) in [6, 6.07) is 5.19. The van der Waals surface area contributed by atoms with Gasteiger partial charge in [-0.3, -0.25) is 9.59 Å². The highest BCUT2D eigenvalue weighted by atomic mass is 16.7. The first kappa shape index (κ1) is 13.7. The van der Waals surface area contributed by atoms with Gasteiger partial charge in [-0.1, -0.05) is 0 Å². The molecule has 0 spiro atoms. The van der Waals surface area contributed by atoms with Crippen molar-refractivity contribution in [3.05, 3.63) is 23.8 Å². The molecule has 0 bridgehead atoms. The van der Waals surface area contributed by atoms with E-state index in [1.165, 1.54) is 0 Å². The molecule has 21 heavy (non-hydrogen) atoms. The van der Waals surface area contributed by atoms with Gasteiger partial charge in [-0.25, -0.2) is 0 Å². The largest absolute Gasteiger partial charge is 0.465 e. The van der Waals surface area contributed by atoms with Gasteiger partial charge in [0.1, 0.15) is 6.54 Å². The van der Waals surface area contributed by atoms with Gasteiger partial charge in [-0.2, -0.15) is 0 Å². The van der Waals surface area contributed by atoms with Crippen LogP contribution < -0.4 is 9.47 Å². The molecular weight excluding hydrogens is 274 g/mol. The fourth-order valence-corrected chi connectivity index (χ4v) is 2.29. The molecule has 0 unspecified atom stereocenters. The number of esters is 1. The summed E-state index contributed by atoms with van der Waals surface area (Å²) in [5.41, 5.74) is 0.496. The van der Waals surface area contributed by atoms with Crippen molar-refractivity contribution in [2.24, 2.45) is 0 Å². The summed E-state index contributed by atoms with van der Waals surface area (Å²) in [7, 11) is 0. The van der Waals surface area contributed by atoms with Crippen molar-refractivity contribution in [1.29, 1.82) is 0 Å². The van der Waals surface area contributed by atoms with Crippen LogP contribution in [0.15, 0.2) is 18.2 Å². The molecule has 1 aromatic carbocycles. The van der Waals surface area contributed by atoms with Crippen LogP contribution in [0.2, 0.25) is 0 Å². The van der Waals surface area contributed by atoms with Crippen LogP contribution in [0.1, 0.15) is 30.1 Å². The lowest BCUT2D eigenvalue weighted by Gasteiger charge is -2.21. The van der Waals surface area contributed by atoms with E-state index < -0.39 is 0 Å². The van der Waals surface area contributed by atoms with Gasteiger partial charge in [0.25, 0.3) is 5.91 Å². The number of nitrogens with zero attached hydrogens (tertiary/aromatic N) is 1. The van der Waals surface area contributed by atoms with E-state index >= 15 is 0 Å². The monoisotopic (exact) mass is 291 g/mol. The van der Waals surface area contributed by atoms with Crippen LogP contribution >= 0.6 is 0 Å². The second-order valence-corrected chi connectivity index (χ2v) is 5.04. The van der Waals surface area contributed by atoms with Gasteiger partial charge in [0, 0.05) is 11.6 Å². The summed E-state index contributed by atoms with van der Waals surface area (Å²) in [6.07, 6.45) is 1.85. The lowest BCUT2D eigenvalue weighted by atomic mass is 10.1. The quantitative estimate of drug-likeness (QED) is 0.771. The smallest absolute Gasteiger partial charge is 0.325 e. The molecule has 3 rings (SSSR count). The molecule has 1 saturated carbocycles. The Morgan fingerprint density at radius 1 is 1.29 bits per heavy atom. The molecule has 0 aromatic heterocycles. The second-order valence-electron chi connectivity index (χ2n) is 5.04. The van der Waals surface area contributed by atoms with Crippen LogP contribution in [0.4, 0.5) is 0 Å². The lowest BCUT2D eigenvalue weighted by Crippen LogP contribution is -2.38. The van der Waals surface area contributed by atoms with Gasteiger partial charge >= 0.3 is 5.97 Å². The standard InChI is InChI=1S/C15H17NO5/c1-2-19-14(17)8-16(11-4-5-11)15(18)10-3-6-12-13(7-10)21-9-20-12/h3,6-7,11H,2,4-5,8-9H2,1H3. The van der Waals surface area contributed by atoms with Crippen molar-refractivity contribution < 1.29 is 23.8 Å². The van der Waals surface area contributed by atoms with Crippen molar-refractivity contribution in [1.82, 2.24) is 4.90 Å². The molecule has 6 heteroatoms. The number of carbonyl (C=O) groups excluding carboxylic acids is 2. The maximum Gasteiger partial charge on any atom is 0.325 e. The number of benzene rings is 1. The van der Waals surface area contributed by atoms with Crippen LogP contribution in [-0.4, -0.2) is 42.8 Å². The predicted octanol–water partition coefficient (Wildman–Crippen LogP) is 1.58. The Morgan fingerprint density at radius 3 is 2.76 bits per heavy atom. The first-order valence-corrected chi connectivity index (χ1v) is 7.05. The van der Waals surface area contributed by atoms with Crippen molar-refractivity contribution >= 4 is 11.9 Å². The maximum absolute atomic E-state index is 12.6. The van der Waals surface area contributed by atoms with Crippen LogP contribution in [0.25, 0.3) is 0 Å². The predicted molar refractivity (Wildman–Crippen MR) is 73.3 cm³/mol. The minimum Gasteiger partial charge on any atom is -0.465 e. The fourth-order valence-electron chi connectivity index (χ4n) is 2.29. The highest BCUT2D eigenvalue weighted by molar-refractivity contribution is 5.97. The summed E-state index contributed by atoms with van der Waals surface area (Å²) in [5, 5.41) is 0. The zero-order chi connectivity index (χ0) is 14.8. The van der Waals surface area contributed by atoms with Gasteiger partial charge in [0.2, 0.25) is 6.79 Å². The first-order valence-electron chi connectivity index (χ1n) is 7.05. The van der Waals surface area contributed by atoms with Gasteiger partial charge in [-0.15, -0.1) is 0 Å². The van der Waals surface area contributed by atoms with Gasteiger partial charge in [0.05, 0.1) is 6.61 Å². The highest BCUT2D eigenvalue weighted by Gasteiger charge is 2.35. The Labute approximate surface area is 122 Å². The number of rotatable bonds is 5. The van der Waals surface area contributed by atoms with E-state index in [0.717, 1.165) is 12.8 Å². The minimum atomic E-state index is -0.376. The van der Waals surface area contributed by atoms with E-state index in [9.17, 15) is 9.59 Å². The average molecular weight is 291 g/mol. The summed E-state index contributed by atoms with van der Waals surface area (Å²) >= 11 is 0. The number of fused-ring (bicyclic) bond motifs is 1. The van der Waals surface area contributed by atoms with E-state index in [1.807, 2.05) is 0 Å². The zero-order valence-corrected chi connectivity index (χ0v) is 11.8. The summed E-state index contributed by atoms with van der Waals surface area (Å²) in [5.74, 6) is 0.644. The summed E-state index contributed by atoms with van der Waals surface area (Å²) < 4.78 is 15.4. The molecule has 1 aromatic rings. The molecule has 0 radical (unpaired) electrons. The maximum atomic E-state index is 12.6. The summed E-state index contributed by atoms with van der Waals surface area (Å²) in [6.45, 7) is 2.22. The Morgan fingerprint density at radius 2 is 2.05 bits per heavy atom. The molecule has 1 aliphatic carbocycles. The second kappa shape index (κ2) is 5.63. The third kappa shape index (κ3) is 2.94. The SMILES string of the molecule is CCOC(=O)CN(C(=O)c1ccc2c(c1)OCO2)C1CC1. The molecule has 1 heterocycles. The van der Waals surface area contributed by atoms with E-state index in [-0.39, 0.29) is 31.3 Å². The number of ether oxygens (including phenoxy) is 3. The zero-order valence-electron chi connectivity index (χ0n) is 11.8. The molecule has 1 amide bonds. The van der Waals surface area contributed by atoms with Gasteiger partial charge in [0.15, 0.2) is 11.5 Å². The van der Waals surface area contributed by atoms with E-state index in [4.69, 9.17) is 14.2 Å². The van der Waals surface area contributed by atoms with E-state index in [0.29, 0.717) is 23.7 Å². The molecule has 0 N–H and O–H groups in total. The van der Waals surface area contributed by atoms with E-state index in [1.54, 1.807) is 30.0 Å². The molecule has 112 valence electrons. The van der Waals surface area contributed by atoms with Crippen LogP contribution in [0.3, 0.4) is 0 Å². The molecule has 1 aliphatic heterocycles. The molecule has 2 aliphatic rings. The molecular formula is C15H17NO5. The number of carbonyl (C=O) groups is 2. The first-order chi connectivity index (χ1) is 10.2. The van der Waals surface area contributed by atoms with Crippen molar-refractivity contribution in [2.75, 3.05) is 19.9 Å². The normalized spacial score (nSPS) is 15.7. The molecule has 0 atom stereocenters. The number of hydrogen-bond acceptors (Lipinski definition) is 5. The Hall–Kier alpha value is -2.24. The number of amides is 1. The average Bonchev–Trinajstić information content (AvgIpc) is 3.21. The minimum absolute atomic E-state index is 0.00815. The van der Waals surface area contributed by atoms with E-state index in [2.05, 4.69) is 0 Å². The van der Waals surface area contributed by atoms with Gasteiger partial charge in [-0.05, 0) is 38.0 Å². The van der Waals surface area contributed by atoms with Gasteiger partial charge < -0.3 is 19.1 Å². The van der Waals surface area contributed by atoms with Crippen molar-refractivity contribution in [3.8, 4) is 11.5 Å². The molecule has 6 nitrogen and oxygen atoms in total. The Balaban J connectivity index is 1.76. The Kier molecular flexibility index (Phi) is 3.68. The lowest BCUT2D eigenvalue weighted by molar-refractivity contribution is -0.144. The fraction of sp³-hybridized carbons (Fsp3) is 0.467. The van der Waals surface area contributed by atoms with Crippen LogP contribution in [0.5, 0.6) is 11.5 Å². The van der Waals surface area contributed by atoms with Crippen molar-refractivity contribution in [2.45, 2.75) is 25.8 Å². The summed E-state index contributed by atoms with van der Waals surface area (Å²) in [4.78, 5) is 25.8. The molecule has 0 saturated heterocycles. The third-order valence-corrected chi connectivity index (χ3v) is 3.47. The number of hydrogen-bond donors (Lipinski definition) is 0. The highest BCUT2D eigenvalue weighted by Crippen LogP contribution is 2.34. The third-order valence-electron chi connectivity index (χ3n) is 3.47. The Bertz CT molecular complexity index is 567. The molecule has 1 fully saturated rings. The topological polar surface area (TPSA) is 65.1 Å². The van der Waals surface area contributed by atoms with Crippen LogP contribution in [0, 0.1) is 0 Å². The van der Waals surface area contributed by atoms with Crippen LogP contribution in [-0.2, 0) is 9.53 Å². The van der Waals surface area contributed by atoms with Crippen molar-refractivity contribution in [3.63, 3.8) is 0 Å².